The summed E-state index contributed by atoms with van der Waals surface area (Å²) in [6.45, 7) is 0. The highest BCUT2D eigenvalue weighted by Crippen LogP contribution is 2.68. The Hall–Kier alpha value is -5.08. The molecule has 238 valence electrons. The fourth-order valence-electron chi connectivity index (χ4n) is 11.2. The van der Waals surface area contributed by atoms with Crippen molar-refractivity contribution in [1.29, 1.82) is 0 Å². The second-order valence-electron chi connectivity index (χ2n) is 15.3. The van der Waals surface area contributed by atoms with Crippen molar-refractivity contribution in [3.8, 4) is 22.3 Å². The fraction of sp³-hybridized carbons (Fsp3) is 0.234. The summed E-state index contributed by atoms with van der Waals surface area (Å²) in [6, 6.07) is 51.8. The van der Waals surface area contributed by atoms with Crippen LogP contribution >= 0.6 is 0 Å². The van der Waals surface area contributed by atoms with Crippen molar-refractivity contribution < 1.29 is 4.42 Å². The Kier molecular flexibility index (Phi) is 5.94. The lowest BCUT2D eigenvalue weighted by Gasteiger charge is -2.53. The molecule has 4 bridgehead atoms. The van der Waals surface area contributed by atoms with Crippen LogP contribution < -0.4 is 4.90 Å². The molecule has 0 aliphatic heterocycles. The van der Waals surface area contributed by atoms with Crippen molar-refractivity contribution >= 4 is 39.0 Å². The van der Waals surface area contributed by atoms with Crippen LogP contribution in [0.5, 0.6) is 0 Å². The van der Waals surface area contributed by atoms with E-state index in [1.807, 2.05) is 0 Å². The van der Waals surface area contributed by atoms with Crippen LogP contribution in [-0.4, -0.2) is 0 Å². The molecule has 0 N–H and O–H groups in total. The minimum absolute atomic E-state index is 0.112. The minimum atomic E-state index is 0.112. The van der Waals surface area contributed by atoms with Gasteiger partial charge in [-0.1, -0.05) is 103 Å². The average molecular weight is 634 g/mol. The summed E-state index contributed by atoms with van der Waals surface area (Å²) in [7, 11) is 0. The van der Waals surface area contributed by atoms with Gasteiger partial charge in [0.05, 0.1) is 5.69 Å². The van der Waals surface area contributed by atoms with Gasteiger partial charge < -0.3 is 9.32 Å². The Balaban J connectivity index is 1.16. The Morgan fingerprint density at radius 2 is 1.22 bits per heavy atom. The van der Waals surface area contributed by atoms with E-state index < -0.39 is 0 Å². The molecule has 49 heavy (non-hydrogen) atoms. The van der Waals surface area contributed by atoms with E-state index >= 15 is 0 Å². The molecule has 1 aromatic heterocycles. The molecule has 1 spiro atoms. The second-order valence-corrected chi connectivity index (χ2v) is 15.3. The highest BCUT2D eigenvalue weighted by atomic mass is 16.3. The van der Waals surface area contributed by atoms with Crippen molar-refractivity contribution in [3.05, 3.63) is 151 Å². The molecule has 4 saturated carbocycles. The van der Waals surface area contributed by atoms with Crippen LogP contribution in [0.3, 0.4) is 0 Å². The van der Waals surface area contributed by atoms with E-state index in [1.54, 1.807) is 11.1 Å². The summed E-state index contributed by atoms with van der Waals surface area (Å²) in [6.07, 6.45) is 8.41. The number of furan rings is 1. The lowest BCUT2D eigenvalue weighted by atomic mass is 9.51. The van der Waals surface area contributed by atoms with E-state index in [9.17, 15) is 0 Å². The molecule has 7 aromatic rings. The summed E-state index contributed by atoms with van der Waals surface area (Å²) in [5.41, 5.74) is 14.1. The third-order valence-electron chi connectivity index (χ3n) is 13.0. The van der Waals surface area contributed by atoms with Crippen LogP contribution in [0.1, 0.15) is 49.7 Å². The largest absolute Gasteiger partial charge is 0.456 e. The number of hydrogen-bond acceptors (Lipinski definition) is 2. The van der Waals surface area contributed by atoms with Gasteiger partial charge in [0.15, 0.2) is 0 Å². The number of para-hydroxylation sites is 1. The van der Waals surface area contributed by atoms with Crippen molar-refractivity contribution in [2.75, 3.05) is 4.90 Å². The first kappa shape index (κ1) is 27.8. The highest BCUT2D eigenvalue weighted by molar-refractivity contribution is 6.07. The molecule has 1 heterocycles. The lowest BCUT2D eigenvalue weighted by Crippen LogP contribution is -2.48. The molecule has 5 aliphatic rings. The maximum Gasteiger partial charge on any atom is 0.135 e. The number of rotatable bonds is 4. The lowest BCUT2D eigenvalue weighted by molar-refractivity contribution is 0.0618. The molecule has 2 nitrogen and oxygen atoms in total. The molecule has 5 aliphatic carbocycles. The zero-order chi connectivity index (χ0) is 32.1. The Morgan fingerprint density at radius 1 is 0.510 bits per heavy atom. The Labute approximate surface area is 288 Å². The molecule has 12 rings (SSSR count). The molecule has 0 radical (unpaired) electrons. The Bertz CT molecular complexity index is 2380. The zero-order valence-corrected chi connectivity index (χ0v) is 27.7. The number of benzene rings is 6. The maximum absolute atomic E-state index is 6.31. The standard InChI is InChI=1S/C47H39NO/c1-2-9-32(10-3-1)33-18-21-36(22-19-33)48(37-23-24-45-40(29-37)38-11-5-7-16-44(38)49-45)43-15-8-14-42-46(43)39-12-4-6-13-41(39)47(42)34-20-17-30-25-31(27-34)28-35(47)26-30/h1-16,18-19,21-24,29-31,34-35H,17,20,25-28H2. The van der Waals surface area contributed by atoms with Gasteiger partial charge in [0.25, 0.3) is 0 Å². The normalized spacial score (nSPS) is 24.7. The quantitative estimate of drug-likeness (QED) is 0.192. The summed E-state index contributed by atoms with van der Waals surface area (Å²) >= 11 is 0. The van der Waals surface area contributed by atoms with Crippen molar-refractivity contribution in [2.45, 2.75) is 43.9 Å². The van der Waals surface area contributed by atoms with E-state index in [0.717, 1.165) is 45.4 Å². The van der Waals surface area contributed by atoms with Gasteiger partial charge in [-0.15, -0.1) is 0 Å². The monoisotopic (exact) mass is 633 g/mol. The number of hydrogen-bond donors (Lipinski definition) is 0. The summed E-state index contributed by atoms with van der Waals surface area (Å²) in [5, 5.41) is 2.31. The molecule has 5 atom stereocenters. The van der Waals surface area contributed by atoms with E-state index in [-0.39, 0.29) is 5.41 Å². The summed E-state index contributed by atoms with van der Waals surface area (Å²) < 4.78 is 6.31. The van der Waals surface area contributed by atoms with Crippen LogP contribution in [0.2, 0.25) is 0 Å². The SMILES string of the molecule is c1ccc(-c2ccc(N(c3ccc4oc5ccccc5c4c3)c3cccc4c3-c3ccccc3C43C4CCC5CC(C4)CC3C5)cc2)cc1. The molecule has 2 heteroatoms. The van der Waals surface area contributed by atoms with E-state index in [1.165, 1.54) is 72.2 Å². The fourth-order valence-corrected chi connectivity index (χ4v) is 11.2. The molecule has 5 unspecified atom stereocenters. The van der Waals surface area contributed by atoms with Gasteiger partial charge >= 0.3 is 0 Å². The smallest absolute Gasteiger partial charge is 0.135 e. The molecule has 6 aromatic carbocycles. The predicted molar refractivity (Wildman–Crippen MR) is 202 cm³/mol. The average Bonchev–Trinajstić information content (AvgIpc) is 3.59. The molecule has 0 saturated heterocycles. The number of fused-ring (bicyclic) bond motifs is 7. The molecular weight excluding hydrogens is 595 g/mol. The van der Waals surface area contributed by atoms with Crippen LogP contribution in [0.4, 0.5) is 17.1 Å². The second kappa shape index (κ2) is 10.5. The van der Waals surface area contributed by atoms with E-state index in [0.29, 0.717) is 5.92 Å². The molecule has 0 amide bonds. The van der Waals surface area contributed by atoms with Crippen LogP contribution in [0.25, 0.3) is 44.2 Å². The Morgan fingerprint density at radius 3 is 2.14 bits per heavy atom. The maximum atomic E-state index is 6.31. The van der Waals surface area contributed by atoms with Gasteiger partial charge in [0.2, 0.25) is 0 Å². The topological polar surface area (TPSA) is 16.4 Å². The number of anilines is 3. The van der Waals surface area contributed by atoms with Crippen LogP contribution in [0, 0.1) is 23.7 Å². The van der Waals surface area contributed by atoms with Gasteiger partial charge in [-0.2, -0.15) is 0 Å². The van der Waals surface area contributed by atoms with Gasteiger partial charge in [-0.3, -0.25) is 0 Å². The summed E-state index contributed by atoms with van der Waals surface area (Å²) in [4.78, 5) is 2.52. The van der Waals surface area contributed by atoms with Gasteiger partial charge in [-0.05, 0) is 126 Å². The first-order chi connectivity index (χ1) is 24.3. The molecule has 4 fully saturated rings. The number of nitrogens with zero attached hydrogens (tertiary/aromatic N) is 1. The van der Waals surface area contributed by atoms with Crippen LogP contribution in [0.15, 0.2) is 144 Å². The summed E-state index contributed by atoms with van der Waals surface area (Å²) in [5.74, 6) is 3.26. The van der Waals surface area contributed by atoms with E-state index in [4.69, 9.17) is 4.42 Å². The van der Waals surface area contributed by atoms with Crippen LogP contribution in [-0.2, 0) is 5.41 Å². The first-order valence-corrected chi connectivity index (χ1v) is 18.4. The third-order valence-corrected chi connectivity index (χ3v) is 13.0. The zero-order valence-electron chi connectivity index (χ0n) is 27.7. The van der Waals surface area contributed by atoms with Crippen molar-refractivity contribution in [3.63, 3.8) is 0 Å². The highest BCUT2D eigenvalue weighted by Gasteiger charge is 2.60. The third kappa shape index (κ3) is 3.95. The molecular formula is C47H39NO. The minimum Gasteiger partial charge on any atom is -0.456 e. The predicted octanol–water partition coefficient (Wildman–Crippen LogP) is 12.8. The first-order valence-electron chi connectivity index (χ1n) is 18.4. The van der Waals surface area contributed by atoms with Gasteiger partial charge in [0, 0.05) is 33.1 Å². The van der Waals surface area contributed by atoms with Gasteiger partial charge in [-0.25, -0.2) is 0 Å². The van der Waals surface area contributed by atoms with Gasteiger partial charge in [0.1, 0.15) is 11.2 Å². The van der Waals surface area contributed by atoms with E-state index in [2.05, 4.69) is 144 Å². The van der Waals surface area contributed by atoms with Crippen molar-refractivity contribution in [1.82, 2.24) is 0 Å². The van der Waals surface area contributed by atoms with Crippen molar-refractivity contribution in [2.24, 2.45) is 23.7 Å².